The molecule has 2 heterocycles. The molecule has 3 aromatic rings. The number of aromatic amines is 1. The van der Waals surface area contributed by atoms with E-state index in [1.165, 1.54) is 0 Å². The summed E-state index contributed by atoms with van der Waals surface area (Å²) in [6.07, 6.45) is 1.74. The first-order valence-electron chi connectivity index (χ1n) is 5.84. The molecule has 2 aromatic heterocycles. The van der Waals surface area contributed by atoms with E-state index in [4.69, 9.17) is 5.84 Å². The Labute approximate surface area is 114 Å². The number of fused-ring (bicyclic) bond motifs is 1. The van der Waals surface area contributed by atoms with E-state index in [9.17, 15) is 0 Å². The molecule has 0 unspecified atom stereocenters. The van der Waals surface area contributed by atoms with E-state index in [-0.39, 0.29) is 0 Å². The topological polar surface area (TPSA) is 79.6 Å². The number of nitrogens with zero attached hydrogens (tertiary/aromatic N) is 2. The minimum absolute atomic E-state index is 0.669. The maximum absolute atomic E-state index is 5.34. The third-order valence-electron chi connectivity index (χ3n) is 2.72. The number of anilines is 1. The first-order valence-corrected chi connectivity index (χ1v) is 6.83. The largest absolute Gasteiger partial charge is 0.333 e. The number of pyridine rings is 1. The quantitative estimate of drug-likeness (QED) is 0.386. The lowest BCUT2D eigenvalue weighted by molar-refractivity contribution is 1.08. The number of hydrogen-bond donors (Lipinski definition) is 3. The lowest BCUT2D eigenvalue weighted by Gasteiger charge is -2.02. The fraction of sp³-hybridized carbons (Fsp3) is 0.0769. The maximum Gasteiger partial charge on any atom is 0.166 e. The van der Waals surface area contributed by atoms with Gasteiger partial charge in [0.25, 0.3) is 0 Å². The zero-order valence-electron chi connectivity index (χ0n) is 10.1. The van der Waals surface area contributed by atoms with Gasteiger partial charge in [-0.05, 0) is 29.8 Å². The first kappa shape index (κ1) is 12.0. The van der Waals surface area contributed by atoms with Crippen molar-refractivity contribution in [2.75, 3.05) is 5.43 Å². The Kier molecular flexibility index (Phi) is 3.35. The molecule has 0 aliphatic rings. The van der Waals surface area contributed by atoms with Gasteiger partial charge in [-0.2, -0.15) is 0 Å². The number of imidazole rings is 1. The number of H-pyrrole nitrogens is 1. The predicted octanol–water partition coefficient (Wildman–Crippen LogP) is 2.54. The summed E-state index contributed by atoms with van der Waals surface area (Å²) in [5, 5.41) is 0.917. The van der Waals surface area contributed by atoms with Crippen molar-refractivity contribution in [2.45, 2.75) is 10.9 Å². The normalized spacial score (nSPS) is 10.8. The number of para-hydroxylation sites is 2. The van der Waals surface area contributed by atoms with E-state index in [2.05, 4.69) is 20.4 Å². The lowest BCUT2D eigenvalue weighted by atomic mass is 10.3. The van der Waals surface area contributed by atoms with Gasteiger partial charge in [0.2, 0.25) is 0 Å². The Morgan fingerprint density at radius 2 is 2.16 bits per heavy atom. The van der Waals surface area contributed by atoms with E-state index in [0.29, 0.717) is 5.82 Å². The SMILES string of the molecule is NNc1cc(CSc2nc3ccccc3[nH]2)ccn1. The third-order valence-corrected chi connectivity index (χ3v) is 3.66. The highest BCUT2D eigenvalue weighted by atomic mass is 32.2. The van der Waals surface area contributed by atoms with Crippen LogP contribution in [-0.4, -0.2) is 15.0 Å². The zero-order chi connectivity index (χ0) is 13.1. The Morgan fingerprint density at radius 1 is 1.26 bits per heavy atom. The molecule has 4 N–H and O–H groups in total. The van der Waals surface area contributed by atoms with Crippen molar-refractivity contribution >= 4 is 28.6 Å². The molecule has 0 saturated heterocycles. The molecule has 96 valence electrons. The van der Waals surface area contributed by atoms with Crippen molar-refractivity contribution in [1.29, 1.82) is 0 Å². The van der Waals surface area contributed by atoms with Crippen molar-refractivity contribution in [1.82, 2.24) is 15.0 Å². The number of thioether (sulfide) groups is 1. The van der Waals surface area contributed by atoms with Crippen molar-refractivity contribution in [3.05, 3.63) is 48.2 Å². The first-order chi connectivity index (χ1) is 9.35. The third kappa shape index (κ3) is 2.69. The predicted molar refractivity (Wildman–Crippen MR) is 77.7 cm³/mol. The molecular formula is C13H13N5S. The number of nitrogens with one attached hydrogen (secondary N) is 2. The summed E-state index contributed by atoms with van der Waals surface area (Å²) in [6, 6.07) is 11.9. The summed E-state index contributed by atoms with van der Waals surface area (Å²) < 4.78 is 0. The Morgan fingerprint density at radius 3 is 3.00 bits per heavy atom. The summed E-state index contributed by atoms with van der Waals surface area (Å²) in [4.78, 5) is 11.9. The maximum atomic E-state index is 5.34. The summed E-state index contributed by atoms with van der Waals surface area (Å²) in [5.74, 6) is 6.82. The van der Waals surface area contributed by atoms with Crippen LogP contribution in [0.2, 0.25) is 0 Å². The van der Waals surface area contributed by atoms with Crippen molar-refractivity contribution < 1.29 is 0 Å². The molecule has 1 aromatic carbocycles. The van der Waals surface area contributed by atoms with Crippen molar-refractivity contribution in [3.63, 3.8) is 0 Å². The van der Waals surface area contributed by atoms with Crippen molar-refractivity contribution in [3.8, 4) is 0 Å². The Hall–Kier alpha value is -2.05. The van der Waals surface area contributed by atoms with Gasteiger partial charge in [0.1, 0.15) is 5.82 Å². The van der Waals surface area contributed by atoms with Gasteiger partial charge < -0.3 is 10.4 Å². The molecule has 0 fully saturated rings. The average molecular weight is 271 g/mol. The minimum Gasteiger partial charge on any atom is -0.333 e. The highest BCUT2D eigenvalue weighted by molar-refractivity contribution is 7.98. The molecule has 5 nitrogen and oxygen atoms in total. The number of rotatable bonds is 4. The number of nitrogen functional groups attached to an aromatic ring is 1. The Bertz CT molecular complexity index is 661. The number of nitrogens with two attached hydrogens (primary N) is 1. The van der Waals surface area contributed by atoms with E-state index >= 15 is 0 Å². The monoisotopic (exact) mass is 271 g/mol. The van der Waals surface area contributed by atoms with Gasteiger partial charge in [0.15, 0.2) is 5.16 Å². The number of hydrogen-bond acceptors (Lipinski definition) is 5. The number of aromatic nitrogens is 3. The van der Waals surface area contributed by atoms with Gasteiger partial charge in [-0.15, -0.1) is 0 Å². The summed E-state index contributed by atoms with van der Waals surface area (Å²) in [6.45, 7) is 0. The lowest BCUT2D eigenvalue weighted by Crippen LogP contribution is -2.08. The van der Waals surface area contributed by atoms with E-state index in [1.54, 1.807) is 18.0 Å². The number of hydrazine groups is 1. The molecule has 19 heavy (non-hydrogen) atoms. The van der Waals surface area contributed by atoms with Gasteiger partial charge in [-0.1, -0.05) is 23.9 Å². The van der Waals surface area contributed by atoms with Gasteiger partial charge >= 0.3 is 0 Å². The van der Waals surface area contributed by atoms with Crippen LogP contribution in [0.5, 0.6) is 0 Å². The molecule has 0 bridgehead atoms. The molecular weight excluding hydrogens is 258 g/mol. The molecule has 0 amide bonds. The fourth-order valence-corrected chi connectivity index (χ4v) is 2.62. The molecule has 0 spiro atoms. The van der Waals surface area contributed by atoms with Gasteiger partial charge in [-0.25, -0.2) is 15.8 Å². The van der Waals surface area contributed by atoms with E-state index < -0.39 is 0 Å². The van der Waals surface area contributed by atoms with Crippen LogP contribution < -0.4 is 11.3 Å². The summed E-state index contributed by atoms with van der Waals surface area (Å²) in [5.41, 5.74) is 5.74. The molecule has 0 saturated carbocycles. The fourth-order valence-electron chi connectivity index (χ4n) is 1.79. The van der Waals surface area contributed by atoms with Crippen LogP contribution in [-0.2, 0) is 5.75 Å². The molecule has 6 heteroatoms. The van der Waals surface area contributed by atoms with Gasteiger partial charge in [0, 0.05) is 11.9 Å². The Balaban J connectivity index is 1.74. The second-order valence-corrected chi connectivity index (χ2v) is 5.01. The van der Waals surface area contributed by atoms with Crippen LogP contribution >= 0.6 is 11.8 Å². The molecule has 0 atom stereocenters. The van der Waals surface area contributed by atoms with Gasteiger partial charge in [0.05, 0.1) is 11.0 Å². The second kappa shape index (κ2) is 5.29. The number of benzene rings is 1. The van der Waals surface area contributed by atoms with Crippen LogP contribution in [0.4, 0.5) is 5.82 Å². The average Bonchev–Trinajstić information content (AvgIpc) is 2.88. The van der Waals surface area contributed by atoms with E-state index in [1.807, 2.05) is 36.4 Å². The molecule has 0 radical (unpaired) electrons. The van der Waals surface area contributed by atoms with Gasteiger partial charge in [-0.3, -0.25) is 0 Å². The summed E-state index contributed by atoms with van der Waals surface area (Å²) >= 11 is 1.66. The van der Waals surface area contributed by atoms with Crippen LogP contribution in [0.25, 0.3) is 11.0 Å². The second-order valence-electron chi connectivity index (χ2n) is 4.04. The van der Waals surface area contributed by atoms with Crippen LogP contribution in [0.15, 0.2) is 47.8 Å². The molecule has 3 rings (SSSR count). The zero-order valence-corrected chi connectivity index (χ0v) is 10.9. The highest BCUT2D eigenvalue weighted by Crippen LogP contribution is 2.23. The van der Waals surface area contributed by atoms with Crippen LogP contribution in [0.1, 0.15) is 5.56 Å². The smallest absolute Gasteiger partial charge is 0.166 e. The molecule has 0 aliphatic heterocycles. The van der Waals surface area contributed by atoms with Crippen molar-refractivity contribution in [2.24, 2.45) is 5.84 Å². The van der Waals surface area contributed by atoms with E-state index in [0.717, 1.165) is 27.5 Å². The standard InChI is InChI=1S/C13H13N5S/c14-18-12-7-9(5-6-15-12)8-19-13-16-10-3-1-2-4-11(10)17-13/h1-7H,8,14H2,(H,15,18)(H,16,17). The minimum atomic E-state index is 0.669. The van der Waals surface area contributed by atoms with Crippen LogP contribution in [0.3, 0.4) is 0 Å². The highest BCUT2D eigenvalue weighted by Gasteiger charge is 2.03. The molecule has 0 aliphatic carbocycles. The van der Waals surface area contributed by atoms with Crippen LogP contribution in [0, 0.1) is 0 Å². The summed E-state index contributed by atoms with van der Waals surface area (Å²) in [7, 11) is 0.